The molecule has 7 heteroatoms. The van der Waals surface area contributed by atoms with Gasteiger partial charge in [0.05, 0.1) is 22.3 Å². The second kappa shape index (κ2) is 7.92. The van der Waals surface area contributed by atoms with Gasteiger partial charge in [0.25, 0.3) is 5.91 Å². The lowest BCUT2D eigenvalue weighted by Crippen LogP contribution is -2.22. The van der Waals surface area contributed by atoms with Crippen molar-refractivity contribution in [1.82, 2.24) is 15.3 Å². The summed E-state index contributed by atoms with van der Waals surface area (Å²) in [6.45, 7) is 4.49. The largest absolute Gasteiger partial charge is 0.347 e. The number of rotatable bonds is 6. The lowest BCUT2D eigenvalue weighted by Gasteiger charge is -2.05. The van der Waals surface area contributed by atoms with E-state index in [9.17, 15) is 4.79 Å². The minimum atomic E-state index is -0.0623. The summed E-state index contributed by atoms with van der Waals surface area (Å²) in [6, 6.07) is 7.69. The van der Waals surface area contributed by atoms with Crippen LogP contribution in [0, 0.1) is 13.8 Å². The predicted molar refractivity (Wildman–Crippen MR) is 101 cm³/mol. The Morgan fingerprint density at radius 2 is 2.00 bits per heavy atom. The number of aromatic nitrogens is 2. The third-order valence-corrected chi connectivity index (χ3v) is 6.04. The number of thiazole rings is 2. The van der Waals surface area contributed by atoms with Crippen molar-refractivity contribution >= 4 is 40.3 Å². The number of hydrogen-bond acceptors (Lipinski definition) is 6. The number of carbonyl (C=O) groups is 1. The number of amides is 1. The average molecular weight is 376 g/mol. The Kier molecular flexibility index (Phi) is 5.65. The van der Waals surface area contributed by atoms with Crippen LogP contribution in [0.1, 0.15) is 30.9 Å². The Morgan fingerprint density at radius 3 is 2.62 bits per heavy atom. The second-order valence-corrected chi connectivity index (χ2v) is 8.63. The van der Waals surface area contributed by atoms with Gasteiger partial charge < -0.3 is 5.32 Å². The topological polar surface area (TPSA) is 54.9 Å². The summed E-state index contributed by atoms with van der Waals surface area (Å²) in [6.07, 6.45) is 1.81. The van der Waals surface area contributed by atoms with Gasteiger partial charge in [0, 0.05) is 32.7 Å². The summed E-state index contributed by atoms with van der Waals surface area (Å²) in [5, 5.41) is 7.11. The monoisotopic (exact) mass is 375 g/mol. The molecule has 0 aliphatic rings. The van der Waals surface area contributed by atoms with Crippen LogP contribution in [0.25, 0.3) is 0 Å². The van der Waals surface area contributed by atoms with Crippen molar-refractivity contribution in [2.75, 3.05) is 0 Å². The standard InChI is InChI=1S/C17H17N3OS3/c1-11-18-7-16(24-11)8-19-17(21)13-3-5-15(6-4-13)23-10-14-9-22-12(2)20-14/h3-7,9H,8,10H2,1-2H3,(H,19,21). The molecule has 0 radical (unpaired) electrons. The van der Waals surface area contributed by atoms with E-state index in [2.05, 4.69) is 20.7 Å². The van der Waals surface area contributed by atoms with E-state index in [4.69, 9.17) is 0 Å². The van der Waals surface area contributed by atoms with Crippen molar-refractivity contribution in [3.8, 4) is 0 Å². The van der Waals surface area contributed by atoms with Crippen molar-refractivity contribution < 1.29 is 4.79 Å². The molecule has 0 aliphatic carbocycles. The van der Waals surface area contributed by atoms with Crippen LogP contribution in [-0.2, 0) is 12.3 Å². The minimum absolute atomic E-state index is 0.0623. The molecular weight excluding hydrogens is 358 g/mol. The smallest absolute Gasteiger partial charge is 0.251 e. The number of nitrogens with one attached hydrogen (secondary N) is 1. The number of hydrogen-bond donors (Lipinski definition) is 1. The lowest BCUT2D eigenvalue weighted by molar-refractivity contribution is 0.0951. The molecule has 2 aromatic heterocycles. The molecule has 0 unspecified atom stereocenters. The molecule has 0 saturated carbocycles. The van der Waals surface area contributed by atoms with Crippen LogP contribution in [0.5, 0.6) is 0 Å². The van der Waals surface area contributed by atoms with E-state index in [1.807, 2.05) is 38.1 Å². The lowest BCUT2D eigenvalue weighted by atomic mass is 10.2. The molecular formula is C17H17N3OS3. The predicted octanol–water partition coefficient (Wildman–Crippen LogP) is 4.44. The van der Waals surface area contributed by atoms with Gasteiger partial charge >= 0.3 is 0 Å². The molecule has 24 heavy (non-hydrogen) atoms. The van der Waals surface area contributed by atoms with E-state index in [1.165, 1.54) is 0 Å². The highest BCUT2D eigenvalue weighted by molar-refractivity contribution is 7.98. The molecule has 0 bridgehead atoms. The quantitative estimate of drug-likeness (QED) is 0.647. The van der Waals surface area contributed by atoms with Gasteiger partial charge in [-0.05, 0) is 38.1 Å². The van der Waals surface area contributed by atoms with E-state index >= 15 is 0 Å². The first kappa shape index (κ1) is 17.1. The van der Waals surface area contributed by atoms with E-state index in [1.54, 1.807) is 40.6 Å². The number of benzene rings is 1. The van der Waals surface area contributed by atoms with Crippen LogP contribution < -0.4 is 5.32 Å². The Balaban J connectivity index is 1.52. The van der Waals surface area contributed by atoms with Gasteiger partial charge in [0.2, 0.25) is 0 Å². The third-order valence-electron chi connectivity index (χ3n) is 3.26. The maximum absolute atomic E-state index is 12.2. The van der Waals surface area contributed by atoms with Gasteiger partial charge in [-0.1, -0.05) is 0 Å². The highest BCUT2D eigenvalue weighted by Gasteiger charge is 2.07. The van der Waals surface area contributed by atoms with Gasteiger partial charge in [0.15, 0.2) is 0 Å². The van der Waals surface area contributed by atoms with Crippen molar-refractivity contribution in [1.29, 1.82) is 0 Å². The van der Waals surface area contributed by atoms with Crippen molar-refractivity contribution in [2.45, 2.75) is 31.0 Å². The van der Waals surface area contributed by atoms with Gasteiger partial charge in [0.1, 0.15) is 0 Å². The summed E-state index contributed by atoms with van der Waals surface area (Å²) in [5.74, 6) is 0.786. The Bertz CT molecular complexity index is 824. The molecule has 3 rings (SSSR count). The Labute approximate surface area is 153 Å². The fraction of sp³-hybridized carbons (Fsp3) is 0.235. The normalized spacial score (nSPS) is 10.8. The fourth-order valence-corrected chi connectivity index (χ4v) is 4.33. The fourth-order valence-electron chi connectivity index (χ4n) is 2.09. The van der Waals surface area contributed by atoms with Crippen molar-refractivity contribution in [2.24, 2.45) is 0 Å². The molecule has 2 heterocycles. The Hall–Kier alpha value is -1.70. The second-order valence-electron chi connectivity index (χ2n) is 5.20. The molecule has 1 N–H and O–H groups in total. The third kappa shape index (κ3) is 4.66. The van der Waals surface area contributed by atoms with Gasteiger partial charge in [-0.2, -0.15) is 0 Å². The van der Waals surface area contributed by atoms with E-state index < -0.39 is 0 Å². The molecule has 0 atom stereocenters. The van der Waals surface area contributed by atoms with Gasteiger partial charge in [-0.3, -0.25) is 4.79 Å². The maximum Gasteiger partial charge on any atom is 0.251 e. The molecule has 0 saturated heterocycles. The first-order valence-electron chi connectivity index (χ1n) is 7.43. The van der Waals surface area contributed by atoms with Crippen LogP contribution in [-0.4, -0.2) is 15.9 Å². The van der Waals surface area contributed by atoms with Crippen LogP contribution in [0.4, 0.5) is 0 Å². The summed E-state index contributed by atoms with van der Waals surface area (Å²) >= 11 is 5.00. The van der Waals surface area contributed by atoms with E-state index in [-0.39, 0.29) is 5.91 Å². The zero-order valence-electron chi connectivity index (χ0n) is 13.4. The van der Waals surface area contributed by atoms with Crippen LogP contribution >= 0.6 is 34.4 Å². The number of aryl methyl sites for hydroxylation is 2. The molecule has 0 aliphatic heterocycles. The first-order valence-corrected chi connectivity index (χ1v) is 10.1. The van der Waals surface area contributed by atoms with Crippen LogP contribution in [0.2, 0.25) is 0 Å². The summed E-state index contributed by atoms with van der Waals surface area (Å²) in [5.41, 5.74) is 1.77. The minimum Gasteiger partial charge on any atom is -0.347 e. The average Bonchev–Trinajstić information content (AvgIpc) is 3.19. The molecule has 3 aromatic rings. The van der Waals surface area contributed by atoms with Crippen molar-refractivity contribution in [3.63, 3.8) is 0 Å². The zero-order chi connectivity index (χ0) is 16.9. The van der Waals surface area contributed by atoms with Crippen molar-refractivity contribution in [3.05, 3.63) is 62.0 Å². The van der Waals surface area contributed by atoms with E-state index in [0.717, 1.165) is 31.2 Å². The number of nitrogens with zero attached hydrogens (tertiary/aromatic N) is 2. The maximum atomic E-state index is 12.2. The summed E-state index contributed by atoms with van der Waals surface area (Å²) < 4.78 is 0. The number of thioether (sulfide) groups is 1. The summed E-state index contributed by atoms with van der Waals surface area (Å²) in [4.78, 5) is 23.0. The van der Waals surface area contributed by atoms with Gasteiger partial charge in [-0.15, -0.1) is 34.4 Å². The summed E-state index contributed by atoms with van der Waals surface area (Å²) in [7, 11) is 0. The van der Waals surface area contributed by atoms with E-state index in [0.29, 0.717) is 12.1 Å². The molecule has 4 nitrogen and oxygen atoms in total. The molecule has 1 amide bonds. The van der Waals surface area contributed by atoms with Crippen LogP contribution in [0.3, 0.4) is 0 Å². The molecule has 0 spiro atoms. The molecule has 124 valence electrons. The molecule has 0 fully saturated rings. The first-order chi connectivity index (χ1) is 11.6. The molecule has 1 aromatic carbocycles. The number of carbonyl (C=O) groups excluding carboxylic acids is 1. The zero-order valence-corrected chi connectivity index (χ0v) is 15.9. The highest BCUT2D eigenvalue weighted by atomic mass is 32.2. The van der Waals surface area contributed by atoms with Crippen LogP contribution in [0.15, 0.2) is 40.7 Å². The Morgan fingerprint density at radius 1 is 1.21 bits per heavy atom. The SMILES string of the molecule is Cc1nc(CSc2ccc(C(=O)NCc3cnc(C)s3)cc2)cs1. The van der Waals surface area contributed by atoms with Gasteiger partial charge in [-0.25, -0.2) is 9.97 Å². The highest BCUT2D eigenvalue weighted by Crippen LogP contribution is 2.24.